The normalized spacial score (nSPS) is 13.5. The highest BCUT2D eigenvalue weighted by Crippen LogP contribution is 2.29. The lowest BCUT2D eigenvalue weighted by molar-refractivity contribution is -0.133. The number of fused-ring (bicyclic) bond motifs is 1. The smallest absolute Gasteiger partial charge is 0.261 e. The summed E-state index contributed by atoms with van der Waals surface area (Å²) in [4.78, 5) is 32.3. The molecule has 6 heteroatoms. The monoisotopic (exact) mass is 377 g/mol. The molecule has 1 heterocycles. The Balaban J connectivity index is 1.58. The predicted octanol–water partition coefficient (Wildman–Crippen LogP) is 2.90. The fourth-order valence-corrected chi connectivity index (χ4v) is 3.43. The molecule has 1 aromatic heterocycles. The third kappa shape index (κ3) is 3.63. The Kier molecular flexibility index (Phi) is 4.86. The maximum Gasteiger partial charge on any atom is 0.261 e. The highest BCUT2D eigenvalue weighted by Gasteiger charge is 2.32. The van der Waals surface area contributed by atoms with Crippen molar-refractivity contribution in [1.29, 1.82) is 0 Å². The van der Waals surface area contributed by atoms with Gasteiger partial charge in [-0.25, -0.2) is 4.98 Å². The fraction of sp³-hybridized carbons (Fsp3) is 0.318. The van der Waals surface area contributed by atoms with Crippen molar-refractivity contribution < 1.29 is 9.53 Å². The number of aromatic nitrogens is 2. The van der Waals surface area contributed by atoms with E-state index in [1.165, 1.54) is 4.57 Å². The summed E-state index contributed by atoms with van der Waals surface area (Å²) in [6.07, 6.45) is 2.01. The number of benzene rings is 2. The van der Waals surface area contributed by atoms with Gasteiger partial charge in [-0.15, -0.1) is 0 Å². The van der Waals surface area contributed by atoms with Gasteiger partial charge in [0, 0.05) is 12.6 Å². The number of hydrogen-bond donors (Lipinski definition) is 0. The first kappa shape index (κ1) is 18.2. The Morgan fingerprint density at radius 1 is 1.18 bits per heavy atom. The lowest BCUT2D eigenvalue weighted by Gasteiger charge is -2.23. The summed E-state index contributed by atoms with van der Waals surface area (Å²) >= 11 is 0. The zero-order chi connectivity index (χ0) is 19.7. The van der Waals surface area contributed by atoms with Crippen molar-refractivity contribution in [1.82, 2.24) is 14.5 Å². The maximum atomic E-state index is 13.1. The topological polar surface area (TPSA) is 64.4 Å². The Morgan fingerprint density at radius 2 is 1.89 bits per heavy atom. The van der Waals surface area contributed by atoms with E-state index in [1.807, 2.05) is 47.4 Å². The second-order valence-electron chi connectivity index (χ2n) is 7.17. The Bertz CT molecular complexity index is 1070. The van der Waals surface area contributed by atoms with Crippen LogP contribution in [-0.4, -0.2) is 33.5 Å². The molecule has 1 fully saturated rings. The van der Waals surface area contributed by atoms with Gasteiger partial charge in [-0.2, -0.15) is 0 Å². The lowest BCUT2D eigenvalue weighted by atomic mass is 10.2. The number of carbonyl (C=O) groups is 1. The third-order valence-electron chi connectivity index (χ3n) is 5.17. The Hall–Kier alpha value is -3.15. The summed E-state index contributed by atoms with van der Waals surface area (Å²) in [7, 11) is 1.63. The van der Waals surface area contributed by atoms with Crippen molar-refractivity contribution in [2.45, 2.75) is 38.9 Å². The van der Waals surface area contributed by atoms with Crippen LogP contribution in [0.25, 0.3) is 10.9 Å². The molecule has 2 aromatic carbocycles. The molecule has 0 spiro atoms. The molecule has 0 atom stereocenters. The van der Waals surface area contributed by atoms with Crippen LogP contribution in [0.3, 0.4) is 0 Å². The van der Waals surface area contributed by atoms with Crippen LogP contribution in [0.15, 0.2) is 53.3 Å². The molecule has 0 unspecified atom stereocenters. The van der Waals surface area contributed by atoms with E-state index in [0.717, 1.165) is 24.2 Å². The van der Waals surface area contributed by atoms with E-state index >= 15 is 0 Å². The van der Waals surface area contributed by atoms with Crippen LogP contribution in [0.4, 0.5) is 0 Å². The second-order valence-corrected chi connectivity index (χ2v) is 7.17. The van der Waals surface area contributed by atoms with Gasteiger partial charge in [0.15, 0.2) is 0 Å². The molecule has 3 aromatic rings. The van der Waals surface area contributed by atoms with Gasteiger partial charge >= 0.3 is 0 Å². The van der Waals surface area contributed by atoms with Gasteiger partial charge < -0.3 is 9.64 Å². The largest absolute Gasteiger partial charge is 0.497 e. The molecule has 4 rings (SSSR count). The van der Waals surface area contributed by atoms with Crippen LogP contribution in [0.5, 0.6) is 5.75 Å². The molecule has 1 aliphatic rings. The van der Waals surface area contributed by atoms with Crippen LogP contribution >= 0.6 is 0 Å². The van der Waals surface area contributed by atoms with Crippen molar-refractivity contribution in [3.05, 3.63) is 70.3 Å². The van der Waals surface area contributed by atoms with Crippen molar-refractivity contribution in [2.75, 3.05) is 7.11 Å². The second kappa shape index (κ2) is 7.46. The summed E-state index contributed by atoms with van der Waals surface area (Å²) in [6.45, 7) is 2.31. The van der Waals surface area contributed by atoms with E-state index in [4.69, 9.17) is 4.74 Å². The summed E-state index contributed by atoms with van der Waals surface area (Å²) < 4.78 is 6.68. The summed E-state index contributed by atoms with van der Waals surface area (Å²) in [5.41, 5.74) is 1.53. The van der Waals surface area contributed by atoms with Gasteiger partial charge in [-0.3, -0.25) is 14.2 Å². The highest BCUT2D eigenvalue weighted by molar-refractivity contribution is 5.79. The van der Waals surface area contributed by atoms with Gasteiger partial charge in [0.05, 0.1) is 18.0 Å². The predicted molar refractivity (Wildman–Crippen MR) is 107 cm³/mol. The van der Waals surface area contributed by atoms with Gasteiger partial charge in [-0.05, 0) is 49.6 Å². The molecule has 144 valence electrons. The molecule has 1 aliphatic carbocycles. The molecule has 0 aliphatic heterocycles. The molecule has 1 amide bonds. The number of amides is 1. The molecule has 0 radical (unpaired) electrons. The van der Waals surface area contributed by atoms with Crippen molar-refractivity contribution in [3.63, 3.8) is 0 Å². The average Bonchev–Trinajstić information content (AvgIpc) is 3.54. The fourth-order valence-electron chi connectivity index (χ4n) is 3.43. The Labute approximate surface area is 163 Å². The van der Waals surface area contributed by atoms with E-state index in [2.05, 4.69) is 4.98 Å². The SMILES string of the molecule is COc1ccc(CN(C(=O)Cn2c(C)nc3ccccc3c2=O)C2CC2)cc1. The third-order valence-corrected chi connectivity index (χ3v) is 5.17. The number of hydrogen-bond acceptors (Lipinski definition) is 4. The quantitative estimate of drug-likeness (QED) is 0.663. The first-order chi connectivity index (χ1) is 13.6. The first-order valence-electron chi connectivity index (χ1n) is 9.45. The van der Waals surface area contributed by atoms with Crippen LogP contribution in [0, 0.1) is 6.92 Å². The molecule has 0 saturated heterocycles. The number of nitrogens with zero attached hydrogens (tertiary/aromatic N) is 3. The average molecular weight is 377 g/mol. The van der Waals surface area contributed by atoms with Crippen molar-refractivity contribution >= 4 is 16.8 Å². The van der Waals surface area contributed by atoms with E-state index in [1.54, 1.807) is 20.1 Å². The number of ether oxygens (including phenoxy) is 1. The molecule has 0 bridgehead atoms. The molecular formula is C22H23N3O3. The van der Waals surface area contributed by atoms with Gasteiger partial charge in [-0.1, -0.05) is 24.3 Å². The molecule has 6 nitrogen and oxygen atoms in total. The standard InChI is InChI=1S/C22H23N3O3/c1-15-23-20-6-4-3-5-19(20)22(27)24(15)14-21(26)25(17-9-10-17)13-16-7-11-18(28-2)12-8-16/h3-8,11-12,17H,9-10,13-14H2,1-2H3. The number of methoxy groups -OCH3 is 1. The minimum Gasteiger partial charge on any atom is -0.497 e. The van der Waals surface area contributed by atoms with E-state index in [0.29, 0.717) is 23.3 Å². The van der Waals surface area contributed by atoms with Crippen LogP contribution in [0.2, 0.25) is 0 Å². The Morgan fingerprint density at radius 3 is 2.57 bits per heavy atom. The van der Waals surface area contributed by atoms with E-state index < -0.39 is 0 Å². The highest BCUT2D eigenvalue weighted by atomic mass is 16.5. The van der Waals surface area contributed by atoms with Crippen LogP contribution < -0.4 is 10.3 Å². The van der Waals surface area contributed by atoms with Crippen LogP contribution in [0.1, 0.15) is 24.2 Å². The molecular weight excluding hydrogens is 354 g/mol. The summed E-state index contributed by atoms with van der Waals surface area (Å²) in [6, 6.07) is 15.2. The van der Waals surface area contributed by atoms with Crippen molar-refractivity contribution in [2.24, 2.45) is 0 Å². The maximum absolute atomic E-state index is 13.1. The van der Waals surface area contributed by atoms with Gasteiger partial charge in [0.1, 0.15) is 18.1 Å². The minimum atomic E-state index is -0.170. The van der Waals surface area contributed by atoms with E-state index in [-0.39, 0.29) is 24.1 Å². The lowest BCUT2D eigenvalue weighted by Crippen LogP contribution is -2.38. The zero-order valence-corrected chi connectivity index (χ0v) is 16.1. The summed E-state index contributed by atoms with van der Waals surface area (Å²) in [5.74, 6) is 1.29. The van der Waals surface area contributed by atoms with Gasteiger partial charge in [0.2, 0.25) is 5.91 Å². The number of rotatable bonds is 6. The molecule has 0 N–H and O–H groups in total. The zero-order valence-electron chi connectivity index (χ0n) is 16.1. The first-order valence-corrected chi connectivity index (χ1v) is 9.45. The number of carbonyl (C=O) groups excluding carboxylic acids is 1. The number of para-hydroxylation sites is 1. The minimum absolute atomic E-state index is 0.00908. The van der Waals surface area contributed by atoms with Gasteiger partial charge in [0.25, 0.3) is 5.56 Å². The van der Waals surface area contributed by atoms with E-state index in [9.17, 15) is 9.59 Å². The molecule has 1 saturated carbocycles. The van der Waals surface area contributed by atoms with Crippen LogP contribution in [-0.2, 0) is 17.9 Å². The van der Waals surface area contributed by atoms with Crippen molar-refractivity contribution in [3.8, 4) is 5.75 Å². The summed E-state index contributed by atoms with van der Waals surface area (Å²) in [5, 5.41) is 0.536. The molecule has 28 heavy (non-hydrogen) atoms. The number of aryl methyl sites for hydroxylation is 1.